The second kappa shape index (κ2) is 1.65. The van der Waals surface area contributed by atoms with Gasteiger partial charge in [-0.25, -0.2) is 0 Å². The van der Waals surface area contributed by atoms with E-state index in [0.29, 0.717) is 0 Å². The number of ether oxygens (including phenoxy) is 3. The van der Waals surface area contributed by atoms with Crippen molar-refractivity contribution in [2.45, 2.75) is 24.4 Å². The predicted octanol–water partition coefficient (Wildman–Crippen LogP) is -1.15. The van der Waals surface area contributed by atoms with Crippen molar-refractivity contribution in [3.63, 3.8) is 0 Å². The molecule has 0 spiro atoms. The van der Waals surface area contributed by atoms with E-state index in [9.17, 15) is 9.59 Å². The van der Waals surface area contributed by atoms with Crippen molar-refractivity contribution < 1.29 is 23.8 Å². The van der Waals surface area contributed by atoms with E-state index in [1.807, 2.05) is 0 Å². The summed E-state index contributed by atoms with van der Waals surface area (Å²) >= 11 is 0. The Morgan fingerprint density at radius 2 is 1.23 bits per heavy atom. The fraction of sp³-hybridized carbons (Fsp3) is 0.750. The first-order chi connectivity index (χ1) is 6.27. The number of carbonyl (C=O) groups is 2. The van der Waals surface area contributed by atoms with E-state index >= 15 is 0 Å². The standard InChI is InChI=1S/C8H6O5/c9-7-1-2(8(10)13-7)4-6-5(12-6)3(1)11-4/h1-6H/t1?,2?,3-,4+,5?,6?. The molecule has 0 aromatic carbocycles. The van der Waals surface area contributed by atoms with Gasteiger partial charge in [0.25, 0.3) is 0 Å². The topological polar surface area (TPSA) is 65.1 Å². The lowest BCUT2D eigenvalue weighted by Crippen LogP contribution is -2.34. The van der Waals surface area contributed by atoms with Crippen LogP contribution in [-0.4, -0.2) is 36.4 Å². The molecule has 0 aliphatic carbocycles. The van der Waals surface area contributed by atoms with Gasteiger partial charge in [-0.15, -0.1) is 0 Å². The number of rotatable bonds is 0. The number of hydrogen-bond donors (Lipinski definition) is 0. The summed E-state index contributed by atoms with van der Waals surface area (Å²) in [4.78, 5) is 22.5. The highest BCUT2D eigenvalue weighted by atomic mass is 16.7. The van der Waals surface area contributed by atoms with Crippen LogP contribution in [0.1, 0.15) is 0 Å². The van der Waals surface area contributed by atoms with Gasteiger partial charge in [0.05, 0.1) is 0 Å². The summed E-state index contributed by atoms with van der Waals surface area (Å²) in [6.07, 6.45) is -0.354. The molecule has 4 aliphatic rings. The maximum Gasteiger partial charge on any atom is 0.320 e. The van der Waals surface area contributed by atoms with Crippen molar-refractivity contribution in [1.82, 2.24) is 0 Å². The Kier molecular flexibility index (Phi) is 0.825. The molecule has 4 heterocycles. The number of fused-ring (bicyclic) bond motifs is 8. The van der Waals surface area contributed by atoms with Crippen molar-refractivity contribution >= 4 is 11.9 Å². The van der Waals surface area contributed by atoms with E-state index in [2.05, 4.69) is 4.74 Å². The van der Waals surface area contributed by atoms with Gasteiger partial charge < -0.3 is 14.2 Å². The van der Waals surface area contributed by atoms with Gasteiger partial charge in [0.1, 0.15) is 36.3 Å². The van der Waals surface area contributed by atoms with Crippen molar-refractivity contribution in [2.75, 3.05) is 0 Å². The summed E-state index contributed by atoms with van der Waals surface area (Å²) < 4.78 is 15.3. The summed E-state index contributed by atoms with van der Waals surface area (Å²) in [6, 6.07) is 0. The molecule has 0 N–H and O–H groups in total. The highest BCUT2D eigenvalue weighted by Gasteiger charge is 2.75. The second-order valence-corrected chi connectivity index (χ2v) is 3.92. The molecule has 4 fully saturated rings. The molecule has 0 saturated carbocycles. The van der Waals surface area contributed by atoms with Gasteiger partial charge in [-0.05, 0) is 0 Å². The van der Waals surface area contributed by atoms with Gasteiger partial charge in [0.15, 0.2) is 0 Å². The zero-order valence-electron chi connectivity index (χ0n) is 6.51. The van der Waals surface area contributed by atoms with Gasteiger partial charge >= 0.3 is 11.9 Å². The van der Waals surface area contributed by atoms with Crippen LogP contribution < -0.4 is 0 Å². The molecule has 6 atom stereocenters. The van der Waals surface area contributed by atoms with E-state index in [0.717, 1.165) is 0 Å². The minimum absolute atomic E-state index is 0.0460. The van der Waals surface area contributed by atoms with Crippen LogP contribution in [0.2, 0.25) is 0 Å². The highest BCUT2D eigenvalue weighted by molar-refractivity contribution is 5.98. The first-order valence-corrected chi connectivity index (χ1v) is 4.34. The maximum absolute atomic E-state index is 11.2. The van der Waals surface area contributed by atoms with Crippen LogP contribution >= 0.6 is 0 Å². The molecule has 5 nitrogen and oxygen atoms in total. The van der Waals surface area contributed by atoms with E-state index in [1.54, 1.807) is 0 Å². The first kappa shape index (κ1) is 6.50. The van der Waals surface area contributed by atoms with Gasteiger partial charge in [0.2, 0.25) is 0 Å². The minimum Gasteiger partial charge on any atom is -0.393 e. The Balaban J connectivity index is 1.84. The van der Waals surface area contributed by atoms with Gasteiger partial charge in [-0.3, -0.25) is 9.59 Å². The van der Waals surface area contributed by atoms with E-state index < -0.39 is 11.9 Å². The number of carbonyl (C=O) groups excluding carboxylic acids is 2. The van der Waals surface area contributed by atoms with Gasteiger partial charge in [-0.2, -0.15) is 0 Å². The second-order valence-electron chi connectivity index (χ2n) is 3.92. The normalized spacial score (nSPS) is 60.6. The fourth-order valence-electron chi connectivity index (χ4n) is 2.78. The van der Waals surface area contributed by atoms with Crippen molar-refractivity contribution in [3.8, 4) is 0 Å². The SMILES string of the molecule is O=C1OC(=O)C2C1[C@@H]1O[C@H]2C2OC21. The monoisotopic (exact) mass is 182 g/mol. The molecular weight excluding hydrogens is 176 g/mol. The third-order valence-electron chi connectivity index (χ3n) is 3.36. The molecule has 4 saturated heterocycles. The average molecular weight is 182 g/mol. The molecule has 4 aliphatic heterocycles. The summed E-state index contributed by atoms with van der Waals surface area (Å²) in [5.74, 6) is -1.64. The molecule has 4 rings (SSSR count). The molecule has 2 bridgehead atoms. The average Bonchev–Trinajstić information content (AvgIpc) is 2.58. The maximum atomic E-state index is 11.2. The fourth-order valence-corrected chi connectivity index (χ4v) is 2.78. The molecule has 4 unspecified atom stereocenters. The Hall–Kier alpha value is -0.940. The van der Waals surface area contributed by atoms with E-state index in [4.69, 9.17) is 9.47 Å². The number of epoxide rings is 1. The summed E-state index contributed by atoms with van der Waals surface area (Å²) in [7, 11) is 0. The summed E-state index contributed by atoms with van der Waals surface area (Å²) in [6.45, 7) is 0. The zero-order valence-corrected chi connectivity index (χ0v) is 6.51. The van der Waals surface area contributed by atoms with Crippen molar-refractivity contribution in [2.24, 2.45) is 11.8 Å². The Morgan fingerprint density at radius 1 is 0.769 bits per heavy atom. The molecule has 0 aromatic heterocycles. The molecule has 0 amide bonds. The van der Waals surface area contributed by atoms with Crippen LogP contribution in [0.25, 0.3) is 0 Å². The van der Waals surface area contributed by atoms with Gasteiger partial charge in [-0.1, -0.05) is 0 Å². The Bertz CT molecular complexity index is 307. The first-order valence-electron chi connectivity index (χ1n) is 4.34. The van der Waals surface area contributed by atoms with E-state index in [1.165, 1.54) is 0 Å². The van der Waals surface area contributed by atoms with Crippen LogP contribution in [0, 0.1) is 11.8 Å². The van der Waals surface area contributed by atoms with Gasteiger partial charge in [0, 0.05) is 0 Å². The zero-order chi connectivity index (χ0) is 8.74. The van der Waals surface area contributed by atoms with E-state index in [-0.39, 0.29) is 36.3 Å². The lowest BCUT2D eigenvalue weighted by atomic mass is 9.81. The Morgan fingerprint density at radius 3 is 1.77 bits per heavy atom. The summed E-state index contributed by atoms with van der Waals surface area (Å²) in [5, 5.41) is 0. The Labute approximate surface area is 72.9 Å². The summed E-state index contributed by atoms with van der Waals surface area (Å²) in [5.41, 5.74) is 0. The number of cyclic esters (lactones) is 2. The van der Waals surface area contributed by atoms with Crippen LogP contribution in [0.5, 0.6) is 0 Å². The van der Waals surface area contributed by atoms with Crippen LogP contribution in [0.15, 0.2) is 0 Å². The lowest BCUT2D eigenvalue weighted by molar-refractivity contribution is -0.158. The molecule has 13 heavy (non-hydrogen) atoms. The largest absolute Gasteiger partial charge is 0.393 e. The smallest absolute Gasteiger partial charge is 0.320 e. The molecule has 68 valence electrons. The molecule has 0 aromatic rings. The van der Waals surface area contributed by atoms with Crippen LogP contribution in [0.4, 0.5) is 0 Å². The van der Waals surface area contributed by atoms with Crippen LogP contribution in [-0.2, 0) is 23.8 Å². The van der Waals surface area contributed by atoms with Crippen LogP contribution in [0.3, 0.4) is 0 Å². The molecule has 0 radical (unpaired) electrons. The predicted molar refractivity (Wildman–Crippen MR) is 35.4 cm³/mol. The minimum atomic E-state index is -0.434. The van der Waals surface area contributed by atoms with Crippen molar-refractivity contribution in [1.29, 1.82) is 0 Å². The number of hydrogen-bond acceptors (Lipinski definition) is 5. The number of esters is 2. The molecular formula is C8H6O5. The van der Waals surface area contributed by atoms with Crippen molar-refractivity contribution in [3.05, 3.63) is 0 Å². The third-order valence-corrected chi connectivity index (χ3v) is 3.36. The lowest BCUT2D eigenvalue weighted by Gasteiger charge is -2.09. The third kappa shape index (κ3) is 0.538. The molecule has 5 heteroatoms. The highest BCUT2D eigenvalue weighted by Crippen LogP contribution is 2.56. The quantitative estimate of drug-likeness (QED) is 0.269.